The van der Waals surface area contributed by atoms with Crippen molar-refractivity contribution in [3.63, 3.8) is 0 Å². The molecule has 6 nitrogen and oxygen atoms in total. The average Bonchev–Trinajstić information content (AvgIpc) is 2.29. The molecule has 0 spiro atoms. The Labute approximate surface area is 102 Å². The van der Waals surface area contributed by atoms with Crippen molar-refractivity contribution in [3.05, 3.63) is 0 Å². The Balaban J connectivity index is 3.12. The molecule has 0 rings (SSSR count). The number of amides is 1. The van der Waals surface area contributed by atoms with Crippen LogP contribution in [0.4, 0.5) is 0 Å². The summed E-state index contributed by atoms with van der Waals surface area (Å²) < 4.78 is 10.2. The first kappa shape index (κ1) is 16.0. The minimum absolute atomic E-state index is 0.00262. The summed E-state index contributed by atoms with van der Waals surface area (Å²) in [6.45, 7) is 3.86. The Bertz CT molecular complexity index is 222. The Morgan fingerprint density at radius 3 is 2.53 bits per heavy atom. The molecule has 0 atom stereocenters. The SMILES string of the molecule is CC(=O)COCCOCCNC(=O)CCCN. The average molecular weight is 246 g/mol. The Morgan fingerprint density at radius 2 is 1.88 bits per heavy atom. The zero-order valence-electron chi connectivity index (χ0n) is 10.4. The van der Waals surface area contributed by atoms with Gasteiger partial charge in [-0.3, -0.25) is 9.59 Å². The number of ketones is 1. The molecule has 0 aliphatic heterocycles. The molecular formula is C11H22N2O4. The predicted octanol–water partition coefficient (Wildman–Crippen LogP) is -0.536. The van der Waals surface area contributed by atoms with Gasteiger partial charge in [0.05, 0.1) is 19.8 Å². The van der Waals surface area contributed by atoms with Gasteiger partial charge in [0.1, 0.15) is 6.61 Å². The van der Waals surface area contributed by atoms with E-state index in [-0.39, 0.29) is 18.3 Å². The van der Waals surface area contributed by atoms with Crippen molar-refractivity contribution in [2.45, 2.75) is 19.8 Å². The lowest BCUT2D eigenvalue weighted by atomic mass is 10.3. The van der Waals surface area contributed by atoms with Crippen LogP contribution in [0.25, 0.3) is 0 Å². The van der Waals surface area contributed by atoms with Crippen LogP contribution in [0.3, 0.4) is 0 Å². The van der Waals surface area contributed by atoms with E-state index in [1.807, 2.05) is 0 Å². The van der Waals surface area contributed by atoms with Crippen molar-refractivity contribution in [2.75, 3.05) is 39.5 Å². The second-order valence-electron chi connectivity index (χ2n) is 3.61. The predicted molar refractivity (Wildman–Crippen MR) is 63.6 cm³/mol. The third-order valence-corrected chi connectivity index (χ3v) is 1.85. The van der Waals surface area contributed by atoms with Gasteiger partial charge in [-0.25, -0.2) is 0 Å². The second-order valence-corrected chi connectivity index (χ2v) is 3.61. The number of carbonyl (C=O) groups is 2. The lowest BCUT2D eigenvalue weighted by molar-refractivity contribution is -0.123. The molecule has 0 radical (unpaired) electrons. The quantitative estimate of drug-likeness (QED) is 0.478. The first-order valence-electron chi connectivity index (χ1n) is 5.78. The number of nitrogens with one attached hydrogen (secondary N) is 1. The van der Waals surface area contributed by atoms with E-state index in [0.29, 0.717) is 45.8 Å². The highest BCUT2D eigenvalue weighted by Crippen LogP contribution is 1.85. The van der Waals surface area contributed by atoms with Crippen LogP contribution in [0.5, 0.6) is 0 Å². The van der Waals surface area contributed by atoms with Crippen LogP contribution < -0.4 is 11.1 Å². The summed E-state index contributed by atoms with van der Waals surface area (Å²) in [6, 6.07) is 0. The minimum atomic E-state index is -0.00752. The summed E-state index contributed by atoms with van der Waals surface area (Å²) in [7, 11) is 0. The largest absolute Gasteiger partial charge is 0.377 e. The summed E-state index contributed by atoms with van der Waals surface area (Å²) >= 11 is 0. The van der Waals surface area contributed by atoms with Gasteiger partial charge in [0.15, 0.2) is 5.78 Å². The number of ether oxygens (including phenoxy) is 2. The maximum Gasteiger partial charge on any atom is 0.220 e. The number of rotatable bonds is 11. The molecular weight excluding hydrogens is 224 g/mol. The van der Waals surface area contributed by atoms with Gasteiger partial charge in [-0.15, -0.1) is 0 Å². The molecule has 100 valence electrons. The van der Waals surface area contributed by atoms with Crippen molar-refractivity contribution < 1.29 is 19.1 Å². The zero-order chi connectivity index (χ0) is 12.9. The highest BCUT2D eigenvalue weighted by atomic mass is 16.5. The Kier molecular flexibility index (Phi) is 10.8. The van der Waals surface area contributed by atoms with E-state index in [4.69, 9.17) is 15.2 Å². The normalized spacial score (nSPS) is 10.2. The number of carbonyl (C=O) groups excluding carboxylic acids is 2. The van der Waals surface area contributed by atoms with Gasteiger partial charge in [-0.05, 0) is 19.9 Å². The highest BCUT2D eigenvalue weighted by Gasteiger charge is 1.99. The van der Waals surface area contributed by atoms with Crippen LogP contribution in [-0.4, -0.2) is 51.2 Å². The minimum Gasteiger partial charge on any atom is -0.377 e. The smallest absolute Gasteiger partial charge is 0.220 e. The molecule has 6 heteroatoms. The topological polar surface area (TPSA) is 90.6 Å². The third-order valence-electron chi connectivity index (χ3n) is 1.85. The Hall–Kier alpha value is -0.980. The van der Waals surface area contributed by atoms with Crippen LogP contribution >= 0.6 is 0 Å². The molecule has 17 heavy (non-hydrogen) atoms. The molecule has 0 saturated carbocycles. The van der Waals surface area contributed by atoms with E-state index in [1.54, 1.807) is 0 Å². The van der Waals surface area contributed by atoms with Crippen LogP contribution in [0.1, 0.15) is 19.8 Å². The maximum atomic E-state index is 11.1. The van der Waals surface area contributed by atoms with Gasteiger partial charge in [-0.1, -0.05) is 0 Å². The fourth-order valence-electron chi connectivity index (χ4n) is 1.05. The second kappa shape index (κ2) is 11.5. The molecule has 3 N–H and O–H groups in total. The van der Waals surface area contributed by atoms with E-state index < -0.39 is 0 Å². The van der Waals surface area contributed by atoms with Gasteiger partial charge in [-0.2, -0.15) is 0 Å². The molecule has 0 aliphatic carbocycles. The zero-order valence-corrected chi connectivity index (χ0v) is 10.4. The summed E-state index contributed by atoms with van der Waals surface area (Å²) in [5, 5.41) is 2.71. The van der Waals surface area contributed by atoms with Gasteiger partial charge >= 0.3 is 0 Å². The van der Waals surface area contributed by atoms with Crippen LogP contribution in [0.15, 0.2) is 0 Å². The first-order valence-corrected chi connectivity index (χ1v) is 5.78. The number of Topliss-reactive ketones (excluding diaryl/α,β-unsaturated/α-hetero) is 1. The van der Waals surface area contributed by atoms with Gasteiger partial charge < -0.3 is 20.5 Å². The first-order chi connectivity index (χ1) is 8.16. The molecule has 0 unspecified atom stereocenters. The summed E-state index contributed by atoms with van der Waals surface area (Å²) in [4.78, 5) is 21.6. The lowest BCUT2D eigenvalue weighted by Crippen LogP contribution is -2.27. The van der Waals surface area contributed by atoms with Crippen molar-refractivity contribution in [1.82, 2.24) is 5.32 Å². The third kappa shape index (κ3) is 13.0. The van der Waals surface area contributed by atoms with Gasteiger partial charge in [0.25, 0.3) is 0 Å². The number of hydrogen-bond acceptors (Lipinski definition) is 5. The monoisotopic (exact) mass is 246 g/mol. The van der Waals surface area contributed by atoms with Crippen LogP contribution in [-0.2, 0) is 19.1 Å². The van der Waals surface area contributed by atoms with E-state index in [1.165, 1.54) is 6.92 Å². The molecule has 1 amide bonds. The Morgan fingerprint density at radius 1 is 1.18 bits per heavy atom. The lowest BCUT2D eigenvalue weighted by Gasteiger charge is -2.06. The summed E-state index contributed by atoms with van der Waals surface area (Å²) in [5.74, 6) is -0.0101. The number of nitrogens with two attached hydrogens (primary N) is 1. The van der Waals surface area contributed by atoms with E-state index in [2.05, 4.69) is 5.32 Å². The standard InChI is InChI=1S/C11H22N2O4/c1-10(14)9-17-8-7-16-6-5-13-11(15)3-2-4-12/h2-9,12H2,1H3,(H,13,15). The summed E-state index contributed by atoms with van der Waals surface area (Å²) in [5.41, 5.74) is 5.28. The molecule has 0 fully saturated rings. The van der Waals surface area contributed by atoms with Gasteiger partial charge in [0, 0.05) is 13.0 Å². The summed E-state index contributed by atoms with van der Waals surface area (Å²) in [6.07, 6.45) is 1.16. The number of hydrogen-bond donors (Lipinski definition) is 2. The maximum absolute atomic E-state index is 11.1. The van der Waals surface area contributed by atoms with Crippen molar-refractivity contribution in [1.29, 1.82) is 0 Å². The van der Waals surface area contributed by atoms with E-state index >= 15 is 0 Å². The molecule has 0 aromatic carbocycles. The highest BCUT2D eigenvalue weighted by molar-refractivity contribution is 5.76. The van der Waals surface area contributed by atoms with Crippen molar-refractivity contribution in [2.24, 2.45) is 5.73 Å². The molecule has 0 saturated heterocycles. The van der Waals surface area contributed by atoms with E-state index in [0.717, 1.165) is 0 Å². The fraction of sp³-hybridized carbons (Fsp3) is 0.818. The van der Waals surface area contributed by atoms with Crippen LogP contribution in [0.2, 0.25) is 0 Å². The molecule has 0 heterocycles. The molecule has 0 aliphatic rings. The fourth-order valence-corrected chi connectivity index (χ4v) is 1.05. The molecule has 0 aromatic heterocycles. The van der Waals surface area contributed by atoms with Gasteiger partial charge in [0.2, 0.25) is 5.91 Å². The molecule has 0 aromatic rings. The molecule has 0 bridgehead atoms. The van der Waals surface area contributed by atoms with Crippen LogP contribution in [0, 0.1) is 0 Å². The van der Waals surface area contributed by atoms with Crippen molar-refractivity contribution >= 4 is 11.7 Å². The van der Waals surface area contributed by atoms with E-state index in [9.17, 15) is 9.59 Å². The van der Waals surface area contributed by atoms with Crippen molar-refractivity contribution in [3.8, 4) is 0 Å².